The van der Waals surface area contributed by atoms with Gasteiger partial charge in [-0.05, 0) is 31.2 Å². The molecule has 0 aliphatic carbocycles. The van der Waals surface area contributed by atoms with Crippen molar-refractivity contribution >= 4 is 15.7 Å². The molecule has 4 rings (SSSR count). The third-order valence-corrected chi connectivity index (χ3v) is 7.82. The molecule has 0 aromatic heterocycles. The lowest BCUT2D eigenvalue weighted by Crippen LogP contribution is -2.63. The average Bonchev–Trinajstić information content (AvgIpc) is 3.19. The normalized spacial score (nSPS) is 20.5. The second kappa shape index (κ2) is 8.49. The number of likely N-dealkylation sites (N-methyl/N-ethyl adjacent to an activating group) is 1. The molecule has 7 heteroatoms. The standard InChI is InChI=1S/C23H28N2O4S/c1-24(15-19-8-4-2-5-9-19)20-14-23(29-16-20)17-25(18-23)22(26)12-13-30(27,28)21-10-6-3-7-11-21/h2-11,20H,12-18H2,1H3. The first kappa shape index (κ1) is 21.0. The summed E-state index contributed by atoms with van der Waals surface area (Å²) in [5.74, 6) is -0.285. The highest BCUT2D eigenvalue weighted by atomic mass is 32.2. The first-order valence-electron chi connectivity index (χ1n) is 10.3. The highest BCUT2D eigenvalue weighted by molar-refractivity contribution is 7.91. The summed E-state index contributed by atoms with van der Waals surface area (Å²) < 4.78 is 30.9. The Morgan fingerprint density at radius 2 is 1.73 bits per heavy atom. The van der Waals surface area contributed by atoms with E-state index in [0.717, 1.165) is 13.0 Å². The topological polar surface area (TPSA) is 66.9 Å². The fourth-order valence-electron chi connectivity index (χ4n) is 4.28. The van der Waals surface area contributed by atoms with E-state index in [9.17, 15) is 13.2 Å². The Balaban J connectivity index is 1.25. The van der Waals surface area contributed by atoms with Crippen LogP contribution in [-0.2, 0) is 25.9 Å². The zero-order valence-electron chi connectivity index (χ0n) is 17.2. The SMILES string of the molecule is CN(Cc1ccccc1)C1COC2(C1)CN(C(=O)CCS(=O)(=O)c1ccccc1)C2. The van der Waals surface area contributed by atoms with Crippen LogP contribution in [0.25, 0.3) is 0 Å². The van der Waals surface area contributed by atoms with E-state index in [1.54, 1.807) is 35.2 Å². The van der Waals surface area contributed by atoms with E-state index in [1.807, 2.05) is 18.2 Å². The van der Waals surface area contributed by atoms with Crippen LogP contribution in [-0.4, -0.2) is 68.3 Å². The van der Waals surface area contributed by atoms with E-state index in [0.29, 0.717) is 25.7 Å². The van der Waals surface area contributed by atoms with Crippen LogP contribution in [0.4, 0.5) is 0 Å². The van der Waals surface area contributed by atoms with Gasteiger partial charge in [0.05, 0.1) is 30.3 Å². The molecule has 0 N–H and O–H groups in total. The van der Waals surface area contributed by atoms with Gasteiger partial charge in [0, 0.05) is 19.0 Å². The molecule has 2 heterocycles. The monoisotopic (exact) mass is 428 g/mol. The second-order valence-electron chi connectivity index (χ2n) is 8.38. The van der Waals surface area contributed by atoms with Gasteiger partial charge in [-0.25, -0.2) is 8.42 Å². The third kappa shape index (κ3) is 4.58. The summed E-state index contributed by atoms with van der Waals surface area (Å²) in [4.78, 5) is 16.8. The van der Waals surface area contributed by atoms with E-state index in [2.05, 4.69) is 24.1 Å². The van der Waals surface area contributed by atoms with Gasteiger partial charge in [0.2, 0.25) is 5.91 Å². The number of ether oxygens (including phenoxy) is 1. The zero-order chi connectivity index (χ0) is 21.2. The van der Waals surface area contributed by atoms with Gasteiger partial charge < -0.3 is 9.64 Å². The lowest BCUT2D eigenvalue weighted by molar-refractivity contribution is -0.157. The largest absolute Gasteiger partial charge is 0.370 e. The number of rotatable bonds is 7. The number of sulfone groups is 1. The molecule has 1 amide bonds. The number of hydrogen-bond acceptors (Lipinski definition) is 5. The minimum Gasteiger partial charge on any atom is -0.370 e. The molecule has 0 saturated carbocycles. The van der Waals surface area contributed by atoms with Crippen molar-refractivity contribution in [3.05, 3.63) is 66.2 Å². The fourth-order valence-corrected chi connectivity index (χ4v) is 5.53. The van der Waals surface area contributed by atoms with Gasteiger partial charge in [0.15, 0.2) is 9.84 Å². The molecule has 0 bridgehead atoms. The lowest BCUT2D eigenvalue weighted by atomic mass is 9.88. The maximum Gasteiger partial charge on any atom is 0.223 e. The summed E-state index contributed by atoms with van der Waals surface area (Å²) in [5.41, 5.74) is 0.995. The Hall–Kier alpha value is -2.22. The highest BCUT2D eigenvalue weighted by Gasteiger charge is 2.51. The predicted molar refractivity (Wildman–Crippen MR) is 115 cm³/mol. The smallest absolute Gasteiger partial charge is 0.223 e. The molecule has 0 radical (unpaired) electrons. The van der Waals surface area contributed by atoms with Gasteiger partial charge in [-0.2, -0.15) is 0 Å². The Kier molecular flexibility index (Phi) is 5.95. The Morgan fingerprint density at radius 1 is 1.10 bits per heavy atom. The van der Waals surface area contributed by atoms with Gasteiger partial charge in [0.25, 0.3) is 0 Å². The van der Waals surface area contributed by atoms with Crippen molar-refractivity contribution in [1.82, 2.24) is 9.80 Å². The molecule has 2 saturated heterocycles. The van der Waals surface area contributed by atoms with E-state index >= 15 is 0 Å². The summed E-state index contributed by atoms with van der Waals surface area (Å²) >= 11 is 0. The minimum absolute atomic E-state index is 0.00461. The number of carbonyl (C=O) groups excluding carboxylic acids is 1. The molecule has 2 aliphatic heterocycles. The molecule has 1 unspecified atom stereocenters. The van der Waals surface area contributed by atoms with Crippen LogP contribution in [0, 0.1) is 0 Å². The molecule has 2 fully saturated rings. The number of nitrogens with zero attached hydrogens (tertiary/aromatic N) is 2. The molecule has 6 nitrogen and oxygen atoms in total. The average molecular weight is 429 g/mol. The van der Waals surface area contributed by atoms with E-state index < -0.39 is 9.84 Å². The summed E-state index contributed by atoms with van der Waals surface area (Å²) in [6.45, 7) is 2.62. The first-order valence-corrected chi connectivity index (χ1v) is 12.0. The van der Waals surface area contributed by atoms with E-state index in [4.69, 9.17) is 4.74 Å². The molecule has 1 spiro atoms. The fraction of sp³-hybridized carbons (Fsp3) is 0.435. The van der Waals surface area contributed by atoms with Crippen molar-refractivity contribution in [3.63, 3.8) is 0 Å². The van der Waals surface area contributed by atoms with E-state index in [-0.39, 0.29) is 28.6 Å². The van der Waals surface area contributed by atoms with Crippen LogP contribution in [0.1, 0.15) is 18.4 Å². The Morgan fingerprint density at radius 3 is 2.40 bits per heavy atom. The first-order chi connectivity index (χ1) is 14.4. The Labute approximate surface area is 178 Å². The maximum atomic E-state index is 12.5. The number of carbonyl (C=O) groups is 1. The van der Waals surface area contributed by atoms with Crippen molar-refractivity contribution in [2.24, 2.45) is 0 Å². The van der Waals surface area contributed by atoms with Gasteiger partial charge in [-0.3, -0.25) is 9.69 Å². The number of likely N-dealkylation sites (tertiary alicyclic amines) is 1. The van der Waals surface area contributed by atoms with Crippen molar-refractivity contribution < 1.29 is 17.9 Å². The molecule has 2 aliphatic rings. The zero-order valence-corrected chi connectivity index (χ0v) is 18.1. The molecule has 2 aromatic carbocycles. The van der Waals surface area contributed by atoms with Crippen molar-refractivity contribution in [2.45, 2.75) is 35.9 Å². The van der Waals surface area contributed by atoms with Crippen molar-refractivity contribution in [3.8, 4) is 0 Å². The van der Waals surface area contributed by atoms with Gasteiger partial charge in [0.1, 0.15) is 5.60 Å². The van der Waals surface area contributed by atoms with Gasteiger partial charge >= 0.3 is 0 Å². The number of benzene rings is 2. The Bertz CT molecular complexity index is 973. The molecular weight excluding hydrogens is 400 g/mol. The number of hydrogen-bond donors (Lipinski definition) is 0. The van der Waals surface area contributed by atoms with Crippen LogP contribution in [0.3, 0.4) is 0 Å². The van der Waals surface area contributed by atoms with Crippen LogP contribution >= 0.6 is 0 Å². The number of amides is 1. The second-order valence-corrected chi connectivity index (χ2v) is 10.5. The van der Waals surface area contributed by atoms with Crippen LogP contribution in [0.5, 0.6) is 0 Å². The summed E-state index contributed by atoms with van der Waals surface area (Å²) in [6, 6.07) is 19.0. The summed E-state index contributed by atoms with van der Waals surface area (Å²) in [6.07, 6.45) is 0.896. The van der Waals surface area contributed by atoms with Gasteiger partial charge in [-0.15, -0.1) is 0 Å². The van der Waals surface area contributed by atoms with E-state index in [1.165, 1.54) is 5.56 Å². The third-order valence-electron chi connectivity index (χ3n) is 6.09. The maximum absolute atomic E-state index is 12.5. The lowest BCUT2D eigenvalue weighted by Gasteiger charge is -2.47. The molecular formula is C23H28N2O4S. The summed E-state index contributed by atoms with van der Waals surface area (Å²) in [5, 5.41) is 0. The molecule has 1 atom stereocenters. The van der Waals surface area contributed by atoms with Crippen LogP contribution in [0.15, 0.2) is 65.6 Å². The van der Waals surface area contributed by atoms with Crippen LogP contribution < -0.4 is 0 Å². The minimum atomic E-state index is -3.44. The molecule has 2 aromatic rings. The van der Waals surface area contributed by atoms with Gasteiger partial charge in [-0.1, -0.05) is 48.5 Å². The van der Waals surface area contributed by atoms with Crippen molar-refractivity contribution in [2.75, 3.05) is 32.5 Å². The molecule has 30 heavy (non-hydrogen) atoms. The van der Waals surface area contributed by atoms with Crippen molar-refractivity contribution in [1.29, 1.82) is 0 Å². The predicted octanol–water partition coefficient (Wildman–Crippen LogP) is 2.35. The molecule has 160 valence electrons. The quantitative estimate of drug-likeness (QED) is 0.677. The van der Waals surface area contributed by atoms with Crippen LogP contribution in [0.2, 0.25) is 0 Å². The summed E-state index contributed by atoms with van der Waals surface area (Å²) in [7, 11) is -1.33. The highest BCUT2D eigenvalue weighted by Crippen LogP contribution is 2.37.